The maximum Gasteiger partial charge on any atom is 0.159 e. The zero-order valence-electron chi connectivity index (χ0n) is 10.5. The lowest BCUT2D eigenvalue weighted by molar-refractivity contribution is -0.118. The van der Waals surface area contributed by atoms with Gasteiger partial charge < -0.3 is 4.90 Å². The van der Waals surface area contributed by atoms with Crippen LogP contribution in [0.1, 0.15) is 12.5 Å². The Morgan fingerprint density at radius 3 is 2.47 bits per heavy atom. The van der Waals surface area contributed by atoms with Crippen molar-refractivity contribution in [1.29, 1.82) is 0 Å². The average Bonchev–Trinajstić information content (AvgIpc) is 2.27. The molecule has 1 atom stereocenters. The van der Waals surface area contributed by atoms with Gasteiger partial charge >= 0.3 is 0 Å². The fraction of sp³-hybridized carbons (Fsp3) is 0.357. The van der Waals surface area contributed by atoms with Crippen molar-refractivity contribution < 1.29 is 4.79 Å². The first-order valence-corrected chi connectivity index (χ1v) is 5.99. The summed E-state index contributed by atoms with van der Waals surface area (Å²) in [6.07, 6.45) is 3.46. The largest absolute Gasteiger partial charge is 0.309 e. The van der Waals surface area contributed by atoms with Gasteiger partial charge in [0.05, 0.1) is 0 Å². The topological polar surface area (TPSA) is 20.3 Å². The molecule has 92 valence electrons. The van der Waals surface area contributed by atoms with Gasteiger partial charge in [0.25, 0.3) is 0 Å². The second-order valence-electron chi connectivity index (χ2n) is 4.45. The molecule has 0 saturated carbocycles. The van der Waals surface area contributed by atoms with Crippen LogP contribution >= 0.6 is 11.6 Å². The van der Waals surface area contributed by atoms with E-state index in [9.17, 15) is 4.79 Å². The molecule has 1 aromatic carbocycles. The molecular formula is C14H18ClNO. The Bertz CT molecular complexity index is 395. The van der Waals surface area contributed by atoms with E-state index in [1.807, 2.05) is 56.3 Å². The number of carbonyl (C=O) groups is 1. The van der Waals surface area contributed by atoms with Gasteiger partial charge in [0.1, 0.15) is 0 Å². The molecule has 0 aliphatic carbocycles. The van der Waals surface area contributed by atoms with Crippen molar-refractivity contribution in [1.82, 2.24) is 4.90 Å². The van der Waals surface area contributed by atoms with Crippen LogP contribution in [0.15, 0.2) is 30.3 Å². The second-order valence-corrected chi connectivity index (χ2v) is 4.89. The number of carbonyl (C=O) groups excluding carboxylic acids is 1. The van der Waals surface area contributed by atoms with Gasteiger partial charge in [0, 0.05) is 17.5 Å². The molecule has 0 saturated heterocycles. The Kier molecular flexibility index (Phi) is 5.39. The van der Waals surface area contributed by atoms with Crippen molar-refractivity contribution in [2.24, 2.45) is 5.92 Å². The van der Waals surface area contributed by atoms with E-state index in [0.717, 1.165) is 12.1 Å². The molecule has 0 fully saturated rings. The van der Waals surface area contributed by atoms with Crippen LogP contribution in [0.5, 0.6) is 0 Å². The number of nitrogens with zero attached hydrogens (tertiary/aromatic N) is 1. The summed E-state index contributed by atoms with van der Waals surface area (Å²) in [5, 5.41) is 0.703. The Balaban J connectivity index is 2.58. The van der Waals surface area contributed by atoms with Crippen LogP contribution in [0.25, 0.3) is 6.08 Å². The number of benzene rings is 1. The minimum Gasteiger partial charge on any atom is -0.309 e. The fourth-order valence-electron chi connectivity index (χ4n) is 1.55. The van der Waals surface area contributed by atoms with Crippen LogP contribution < -0.4 is 0 Å². The molecular weight excluding hydrogens is 234 g/mol. The number of ketones is 1. The number of halogens is 1. The summed E-state index contributed by atoms with van der Waals surface area (Å²) in [7, 11) is 3.93. The Labute approximate surface area is 108 Å². The summed E-state index contributed by atoms with van der Waals surface area (Å²) in [5.41, 5.74) is 0.986. The van der Waals surface area contributed by atoms with Crippen molar-refractivity contribution in [3.05, 3.63) is 40.9 Å². The van der Waals surface area contributed by atoms with Crippen molar-refractivity contribution >= 4 is 23.5 Å². The van der Waals surface area contributed by atoms with Crippen molar-refractivity contribution in [2.45, 2.75) is 6.92 Å². The molecule has 0 heterocycles. The highest BCUT2D eigenvalue weighted by atomic mass is 35.5. The lowest BCUT2D eigenvalue weighted by Gasteiger charge is -2.13. The molecule has 0 spiro atoms. The van der Waals surface area contributed by atoms with E-state index in [4.69, 9.17) is 11.6 Å². The first-order valence-electron chi connectivity index (χ1n) is 5.61. The van der Waals surface area contributed by atoms with Gasteiger partial charge in [-0.1, -0.05) is 36.7 Å². The van der Waals surface area contributed by atoms with Crippen molar-refractivity contribution in [3.63, 3.8) is 0 Å². The highest BCUT2D eigenvalue weighted by Gasteiger charge is 2.10. The standard InChI is InChI=1S/C14H18ClNO/c1-11(10-16(2)3)14(17)9-6-12-4-7-13(15)8-5-12/h4-9,11H,10H2,1-3H3/b9-6+. The van der Waals surface area contributed by atoms with Crippen LogP contribution in [0.3, 0.4) is 0 Å². The molecule has 0 aliphatic rings. The smallest absolute Gasteiger partial charge is 0.159 e. The SMILES string of the molecule is CC(CN(C)C)C(=O)/C=C/c1ccc(Cl)cc1. The number of hydrogen-bond donors (Lipinski definition) is 0. The van der Waals surface area contributed by atoms with Gasteiger partial charge in [0.2, 0.25) is 0 Å². The zero-order chi connectivity index (χ0) is 12.8. The lowest BCUT2D eigenvalue weighted by Crippen LogP contribution is -2.24. The first kappa shape index (κ1) is 13.9. The highest BCUT2D eigenvalue weighted by Crippen LogP contribution is 2.11. The van der Waals surface area contributed by atoms with E-state index in [1.54, 1.807) is 6.08 Å². The number of hydrogen-bond acceptors (Lipinski definition) is 2. The Hall–Kier alpha value is -1.12. The van der Waals surface area contributed by atoms with E-state index in [2.05, 4.69) is 0 Å². The molecule has 2 nitrogen and oxygen atoms in total. The highest BCUT2D eigenvalue weighted by molar-refractivity contribution is 6.30. The second kappa shape index (κ2) is 6.58. The lowest BCUT2D eigenvalue weighted by atomic mass is 10.0. The molecule has 1 unspecified atom stereocenters. The third-order valence-corrected chi connectivity index (χ3v) is 2.69. The average molecular weight is 252 g/mol. The van der Waals surface area contributed by atoms with Crippen LogP contribution in [-0.2, 0) is 4.79 Å². The maximum absolute atomic E-state index is 11.8. The van der Waals surface area contributed by atoms with Gasteiger partial charge in [-0.05, 0) is 37.9 Å². The van der Waals surface area contributed by atoms with Gasteiger partial charge in [-0.3, -0.25) is 4.79 Å². The monoisotopic (exact) mass is 251 g/mol. The van der Waals surface area contributed by atoms with Crippen molar-refractivity contribution in [3.8, 4) is 0 Å². The van der Waals surface area contributed by atoms with E-state index in [1.165, 1.54) is 0 Å². The summed E-state index contributed by atoms with van der Waals surface area (Å²) in [5.74, 6) is 0.169. The maximum atomic E-state index is 11.8. The predicted octanol–water partition coefficient (Wildman–Crippen LogP) is 3.12. The van der Waals surface area contributed by atoms with Crippen LogP contribution in [-0.4, -0.2) is 31.3 Å². The summed E-state index contributed by atoms with van der Waals surface area (Å²) in [4.78, 5) is 13.8. The van der Waals surface area contributed by atoms with Gasteiger partial charge in [0.15, 0.2) is 5.78 Å². The van der Waals surface area contributed by atoms with Gasteiger partial charge in [-0.15, -0.1) is 0 Å². The molecule has 3 heteroatoms. The molecule has 1 rings (SSSR count). The molecule has 0 N–H and O–H groups in total. The van der Waals surface area contributed by atoms with Gasteiger partial charge in [-0.2, -0.15) is 0 Å². The summed E-state index contributed by atoms with van der Waals surface area (Å²) in [6.45, 7) is 2.71. The summed E-state index contributed by atoms with van der Waals surface area (Å²) >= 11 is 5.79. The zero-order valence-corrected chi connectivity index (χ0v) is 11.2. The van der Waals surface area contributed by atoms with Crippen LogP contribution in [0.2, 0.25) is 5.02 Å². The molecule has 1 aromatic rings. The Morgan fingerprint density at radius 1 is 1.35 bits per heavy atom. The third-order valence-electron chi connectivity index (χ3n) is 2.43. The summed E-state index contributed by atoms with van der Waals surface area (Å²) in [6, 6.07) is 7.41. The normalized spacial score (nSPS) is 13.2. The molecule has 17 heavy (non-hydrogen) atoms. The fourth-order valence-corrected chi connectivity index (χ4v) is 1.68. The molecule has 0 amide bonds. The van der Waals surface area contributed by atoms with E-state index < -0.39 is 0 Å². The minimum absolute atomic E-state index is 0.0218. The van der Waals surface area contributed by atoms with E-state index in [0.29, 0.717) is 5.02 Å². The summed E-state index contributed by atoms with van der Waals surface area (Å²) < 4.78 is 0. The number of allylic oxidation sites excluding steroid dienone is 1. The number of rotatable bonds is 5. The quantitative estimate of drug-likeness (QED) is 0.750. The predicted molar refractivity (Wildman–Crippen MR) is 73.2 cm³/mol. The van der Waals surface area contributed by atoms with Crippen LogP contribution in [0, 0.1) is 5.92 Å². The van der Waals surface area contributed by atoms with E-state index in [-0.39, 0.29) is 11.7 Å². The molecule has 0 bridgehead atoms. The molecule has 0 aromatic heterocycles. The Morgan fingerprint density at radius 2 is 1.94 bits per heavy atom. The molecule has 0 radical (unpaired) electrons. The minimum atomic E-state index is 0.0218. The van der Waals surface area contributed by atoms with Gasteiger partial charge in [-0.25, -0.2) is 0 Å². The van der Waals surface area contributed by atoms with Crippen molar-refractivity contribution in [2.75, 3.05) is 20.6 Å². The van der Waals surface area contributed by atoms with Crippen LogP contribution in [0.4, 0.5) is 0 Å². The first-order chi connectivity index (χ1) is 7.99. The molecule has 0 aliphatic heterocycles. The third kappa shape index (κ3) is 5.16. The van der Waals surface area contributed by atoms with E-state index >= 15 is 0 Å².